The van der Waals surface area contributed by atoms with Crippen molar-refractivity contribution in [2.75, 3.05) is 13.3 Å². The molecule has 0 radical (unpaired) electrons. The van der Waals surface area contributed by atoms with Crippen molar-refractivity contribution in [1.29, 1.82) is 0 Å². The number of halogens is 1. The lowest BCUT2D eigenvalue weighted by molar-refractivity contribution is -0.230. The van der Waals surface area contributed by atoms with E-state index >= 15 is 0 Å². The molecule has 1 unspecified atom stereocenters. The van der Waals surface area contributed by atoms with Gasteiger partial charge in [-0.1, -0.05) is 91.0 Å². The van der Waals surface area contributed by atoms with Crippen LogP contribution < -0.4 is 0 Å². The van der Waals surface area contributed by atoms with Crippen LogP contribution in [0.1, 0.15) is 131 Å². The van der Waals surface area contributed by atoms with Gasteiger partial charge in [0.25, 0.3) is 0 Å². The number of alkyl halides is 1. The number of epoxide rings is 1. The highest BCUT2D eigenvalue weighted by atomic mass is 19.1. The van der Waals surface area contributed by atoms with Gasteiger partial charge in [-0.2, -0.15) is 0 Å². The van der Waals surface area contributed by atoms with Gasteiger partial charge in [-0.25, -0.2) is 4.39 Å². The Bertz CT molecular complexity index is 1540. The molecule has 50 heavy (non-hydrogen) atoms. The first-order chi connectivity index (χ1) is 23.8. The van der Waals surface area contributed by atoms with E-state index in [2.05, 4.69) is 60.6 Å². The van der Waals surface area contributed by atoms with E-state index in [1.807, 2.05) is 30.3 Å². The first-order valence-corrected chi connectivity index (χ1v) is 20.5. The van der Waals surface area contributed by atoms with Crippen LogP contribution >= 0.6 is 0 Å². The van der Waals surface area contributed by atoms with E-state index in [-0.39, 0.29) is 23.4 Å². The summed E-state index contributed by atoms with van der Waals surface area (Å²) in [4.78, 5) is 13.3. The Morgan fingerprint density at radius 2 is 1.64 bits per heavy atom. The predicted molar refractivity (Wildman–Crippen MR) is 199 cm³/mol. The molecule has 0 N–H and O–H groups in total. The van der Waals surface area contributed by atoms with E-state index in [0.717, 1.165) is 54.6 Å². The molecule has 1 saturated heterocycles. The van der Waals surface area contributed by atoms with Gasteiger partial charge in [-0.05, 0) is 151 Å². The van der Waals surface area contributed by atoms with E-state index in [9.17, 15) is 9.18 Å². The maximum atomic E-state index is 14.7. The molecule has 0 aromatic heterocycles. The monoisotopic (exact) mass is 684 g/mol. The zero-order chi connectivity index (χ0) is 35.3. The number of rotatable bonds is 7. The van der Waals surface area contributed by atoms with E-state index in [4.69, 9.17) is 9.47 Å². The summed E-state index contributed by atoms with van der Waals surface area (Å²) < 4.78 is 26.6. The van der Waals surface area contributed by atoms with Gasteiger partial charge in [-0.3, -0.25) is 4.79 Å². The summed E-state index contributed by atoms with van der Waals surface area (Å²) in [5.41, 5.74) is 4.20. The van der Waals surface area contributed by atoms with Crippen molar-refractivity contribution in [2.45, 2.75) is 138 Å². The van der Waals surface area contributed by atoms with Gasteiger partial charge >= 0.3 is 5.97 Å². The molecule has 1 heterocycles. The van der Waals surface area contributed by atoms with Crippen LogP contribution in [0.3, 0.4) is 0 Å². The zero-order valence-electron chi connectivity index (χ0n) is 32.3. The summed E-state index contributed by atoms with van der Waals surface area (Å²) in [5, 5.41) is 0. The number of ether oxygens (including phenoxy) is 2. The second-order valence-corrected chi connectivity index (χ2v) is 20.1. The molecule has 274 valence electrons. The fourth-order valence-electron chi connectivity index (χ4n) is 14.9. The summed E-state index contributed by atoms with van der Waals surface area (Å²) in [7, 11) is 0. The normalized spacial score (nSPS) is 46.1. The Morgan fingerprint density at radius 3 is 2.30 bits per heavy atom. The molecular formula is C46H65FO3. The standard InChI is InChI=1S/C46H65FO3/c1-30(2)33-17-24-46(38-28-49-38)26-25-43(6)35(39(33)46)13-14-37-42(5)20-18-34(41(3,4)36(42)19-21-44(37,43)7)32-15-22-45(29-47,23-16-32)40(48)50-27-31-11-9-8-10-12-31/h8-12,15,18,30,33,35-39H,13-14,16-17,19-29H2,1-7H3/t33-,35+,36-,37+,38?,39+,42-,43+,44+,45-,46+/m0/s1. The Kier molecular flexibility index (Phi) is 8.45. The molecule has 11 atom stereocenters. The molecule has 4 heteroatoms. The molecule has 0 bridgehead atoms. The highest BCUT2D eigenvalue weighted by molar-refractivity contribution is 5.78. The molecule has 1 aromatic carbocycles. The number of fused-ring (bicyclic) bond motifs is 7. The Labute approximate surface area is 302 Å². The smallest absolute Gasteiger partial charge is 0.315 e. The van der Waals surface area contributed by atoms with Crippen LogP contribution in [0.4, 0.5) is 4.39 Å². The predicted octanol–water partition coefficient (Wildman–Crippen LogP) is 11.5. The van der Waals surface area contributed by atoms with Crippen molar-refractivity contribution in [3.8, 4) is 0 Å². The molecule has 3 nitrogen and oxygen atoms in total. The van der Waals surface area contributed by atoms with Gasteiger partial charge in [-0.15, -0.1) is 0 Å². The van der Waals surface area contributed by atoms with Crippen LogP contribution in [0.25, 0.3) is 0 Å². The zero-order valence-corrected chi connectivity index (χ0v) is 32.3. The number of esters is 1. The summed E-state index contributed by atoms with van der Waals surface area (Å²) >= 11 is 0. The topological polar surface area (TPSA) is 38.8 Å². The SMILES string of the molecule is CC(C)[C@@H]1CC[C@]2(C3CO3)CC[C@]3(C)[C@H](CC[C@@H]4[C@@]5(C)CC=C(C6=CC[C@](CF)(C(=O)OCc7ccccc7)CC6)C(C)(C)[C@@H]5CC[C@]43C)[C@@H]12. The van der Waals surface area contributed by atoms with Gasteiger partial charge in [0.15, 0.2) is 0 Å². The van der Waals surface area contributed by atoms with Gasteiger partial charge in [0.1, 0.15) is 13.3 Å². The van der Waals surface area contributed by atoms with Crippen LogP contribution in [0, 0.1) is 68.0 Å². The van der Waals surface area contributed by atoms with E-state index in [1.54, 1.807) is 0 Å². The van der Waals surface area contributed by atoms with Gasteiger partial charge < -0.3 is 9.47 Å². The van der Waals surface area contributed by atoms with Crippen molar-refractivity contribution in [3.63, 3.8) is 0 Å². The highest BCUT2D eigenvalue weighted by Crippen LogP contribution is 2.78. The maximum absolute atomic E-state index is 14.7. The number of allylic oxidation sites excluding steroid dienone is 4. The highest BCUT2D eigenvalue weighted by Gasteiger charge is 2.72. The molecule has 1 aromatic rings. The minimum absolute atomic E-state index is 0.0423. The third kappa shape index (κ3) is 4.91. The average Bonchev–Trinajstić information content (AvgIpc) is 3.88. The van der Waals surface area contributed by atoms with Gasteiger partial charge in [0.2, 0.25) is 0 Å². The molecule has 5 fully saturated rings. The molecule has 0 amide bonds. The summed E-state index contributed by atoms with van der Waals surface area (Å²) in [6, 6.07) is 9.72. The molecule has 8 rings (SSSR count). The minimum atomic E-state index is -1.07. The fraction of sp³-hybridized carbons (Fsp3) is 0.761. The number of hydrogen-bond acceptors (Lipinski definition) is 3. The van der Waals surface area contributed by atoms with Crippen molar-refractivity contribution in [1.82, 2.24) is 0 Å². The Balaban J connectivity index is 1.04. The van der Waals surface area contributed by atoms with E-state index < -0.39 is 12.1 Å². The minimum Gasteiger partial charge on any atom is -0.460 e. The van der Waals surface area contributed by atoms with Crippen LogP contribution in [0.5, 0.6) is 0 Å². The maximum Gasteiger partial charge on any atom is 0.315 e. The first-order valence-electron chi connectivity index (χ1n) is 20.5. The molecular weight excluding hydrogens is 620 g/mol. The summed E-state index contributed by atoms with van der Waals surface area (Å²) in [5.74, 6) is 4.22. The average molecular weight is 685 g/mol. The molecule has 0 spiro atoms. The lowest BCUT2D eigenvalue weighted by Gasteiger charge is -2.72. The second-order valence-electron chi connectivity index (χ2n) is 20.1. The lowest BCUT2D eigenvalue weighted by atomic mass is 9.32. The molecule has 6 aliphatic carbocycles. The van der Waals surface area contributed by atoms with Gasteiger partial charge in [0, 0.05) is 5.41 Å². The summed E-state index contributed by atoms with van der Waals surface area (Å²) in [6.07, 6.45) is 19.2. The molecule has 4 saturated carbocycles. The third-order valence-corrected chi connectivity index (χ3v) is 17.8. The first kappa shape index (κ1) is 35.1. The van der Waals surface area contributed by atoms with Crippen molar-refractivity contribution < 1.29 is 18.7 Å². The number of hydrogen-bond donors (Lipinski definition) is 0. The van der Waals surface area contributed by atoms with Crippen molar-refractivity contribution in [2.24, 2.45) is 68.0 Å². The lowest BCUT2D eigenvalue weighted by Crippen LogP contribution is -2.66. The number of carbonyl (C=O) groups is 1. The Morgan fingerprint density at radius 1 is 0.880 bits per heavy atom. The van der Waals surface area contributed by atoms with Crippen molar-refractivity contribution in [3.05, 3.63) is 59.2 Å². The number of benzene rings is 1. The van der Waals surface area contributed by atoms with Crippen LogP contribution in [-0.4, -0.2) is 25.4 Å². The Hall–Kier alpha value is -1.94. The quantitative estimate of drug-likeness (QED) is 0.212. The second kappa shape index (κ2) is 12.0. The van der Waals surface area contributed by atoms with Crippen LogP contribution in [0.2, 0.25) is 0 Å². The third-order valence-electron chi connectivity index (χ3n) is 17.8. The van der Waals surface area contributed by atoms with Gasteiger partial charge in [0.05, 0.1) is 18.1 Å². The van der Waals surface area contributed by atoms with E-state index in [0.29, 0.717) is 41.1 Å². The van der Waals surface area contributed by atoms with E-state index in [1.165, 1.54) is 62.5 Å². The van der Waals surface area contributed by atoms with Crippen molar-refractivity contribution >= 4 is 5.97 Å². The largest absolute Gasteiger partial charge is 0.460 e. The van der Waals surface area contributed by atoms with Crippen LogP contribution in [-0.2, 0) is 20.9 Å². The molecule has 7 aliphatic rings. The number of carbonyl (C=O) groups excluding carboxylic acids is 1. The summed E-state index contributed by atoms with van der Waals surface area (Å²) in [6.45, 7) is 18.8. The molecule has 1 aliphatic heterocycles. The van der Waals surface area contributed by atoms with Crippen LogP contribution in [0.15, 0.2) is 53.6 Å². The fourth-order valence-corrected chi connectivity index (χ4v) is 14.9.